The van der Waals surface area contributed by atoms with Crippen molar-refractivity contribution in [1.29, 1.82) is 0 Å². The average Bonchev–Trinajstić information content (AvgIpc) is 2.87. The first-order valence-corrected chi connectivity index (χ1v) is 14.6. The smallest absolute Gasteiger partial charge is 0.439 e. The van der Waals surface area contributed by atoms with Gasteiger partial charge < -0.3 is 24.2 Å². The quantitative estimate of drug-likeness (QED) is 0.326. The highest BCUT2D eigenvalue weighted by atomic mass is 16.6. The van der Waals surface area contributed by atoms with Gasteiger partial charge in [0.1, 0.15) is 28.3 Å². The minimum Gasteiger partial charge on any atom is -0.442 e. The lowest BCUT2D eigenvalue weighted by molar-refractivity contribution is -0.140. The highest BCUT2D eigenvalue weighted by Gasteiger charge is 2.42. The van der Waals surface area contributed by atoms with Crippen molar-refractivity contribution in [2.24, 2.45) is 10.2 Å². The summed E-state index contributed by atoms with van der Waals surface area (Å²) in [6.07, 6.45) is -3.90. The first kappa shape index (κ1) is 41.1. The van der Waals surface area contributed by atoms with Crippen LogP contribution in [0.4, 0.5) is 24.0 Å². The van der Waals surface area contributed by atoms with Gasteiger partial charge in [-0.05, 0) is 76.2 Å². The second-order valence-corrected chi connectivity index (χ2v) is 13.6. The van der Waals surface area contributed by atoms with E-state index in [1.165, 1.54) is 13.8 Å². The van der Waals surface area contributed by atoms with E-state index in [9.17, 15) is 43.5 Å². The number of nitrogens with zero attached hydrogens (tertiary/aromatic N) is 7. The molecule has 0 aromatic heterocycles. The molecule has 0 radical (unpaired) electrons. The molecule has 0 fully saturated rings. The summed E-state index contributed by atoms with van der Waals surface area (Å²) in [6, 6.07) is -1.89. The largest absolute Gasteiger partial charge is 0.442 e. The second kappa shape index (κ2) is 15.8. The van der Waals surface area contributed by atoms with Crippen LogP contribution in [0.15, 0.2) is 10.2 Å². The molecule has 0 aromatic rings. The van der Waals surface area contributed by atoms with Gasteiger partial charge in [0.05, 0.1) is 31.4 Å². The van der Waals surface area contributed by atoms with Gasteiger partial charge in [-0.15, -0.1) is 15.0 Å². The molecule has 0 spiro atoms. The summed E-state index contributed by atoms with van der Waals surface area (Å²) >= 11 is 0. The van der Waals surface area contributed by atoms with Crippen LogP contribution in [-0.4, -0.2) is 132 Å². The number of imide groups is 3. The molecule has 2 heterocycles. The summed E-state index contributed by atoms with van der Waals surface area (Å²) in [6.45, 7) is 17.6. The average molecular weight is 684 g/mol. The number of Topliss-reactive ketones (excluding diaryl/α,β-unsaturated/α-hetero) is 1. The maximum atomic E-state index is 12.7. The van der Waals surface area contributed by atoms with Crippen LogP contribution in [0.5, 0.6) is 0 Å². The lowest BCUT2D eigenvalue weighted by Gasteiger charge is -2.37. The third-order valence-corrected chi connectivity index (χ3v) is 5.25. The zero-order valence-corrected chi connectivity index (χ0v) is 29.3. The lowest BCUT2D eigenvalue weighted by atomic mass is 10.2. The Bertz CT molecular complexity index is 1370. The number of ketones is 1. The maximum absolute atomic E-state index is 12.7. The monoisotopic (exact) mass is 683 g/mol. The predicted molar refractivity (Wildman–Crippen MR) is 167 cm³/mol. The number of aliphatic hydroxyl groups excluding tert-OH is 1. The molecule has 19 nitrogen and oxygen atoms in total. The summed E-state index contributed by atoms with van der Waals surface area (Å²) < 4.78 is 15.3. The Balaban J connectivity index is 0.000000495. The minimum atomic E-state index is -1.16. The fourth-order valence-corrected chi connectivity index (χ4v) is 3.51. The van der Waals surface area contributed by atoms with Crippen LogP contribution in [0.1, 0.15) is 83.1 Å². The first-order chi connectivity index (χ1) is 21.7. The number of carbonyl (C=O) groups excluding carboxylic acids is 8. The molecule has 48 heavy (non-hydrogen) atoms. The van der Waals surface area contributed by atoms with Gasteiger partial charge >= 0.3 is 30.3 Å². The topological polar surface area (TPSA) is 225 Å². The van der Waals surface area contributed by atoms with E-state index in [0.717, 1.165) is 11.8 Å². The number of rotatable bonds is 5. The molecule has 8 amide bonds. The number of carbonyl (C=O) groups is 8. The number of amides is 8. The summed E-state index contributed by atoms with van der Waals surface area (Å²) in [5, 5.41) is 18.9. The molecule has 1 atom stereocenters. The minimum absolute atomic E-state index is 0.00459. The highest BCUT2D eigenvalue weighted by Crippen LogP contribution is 2.19. The van der Waals surface area contributed by atoms with Gasteiger partial charge in [-0.25, -0.2) is 29.0 Å². The van der Waals surface area contributed by atoms with Crippen LogP contribution >= 0.6 is 0 Å². The Hall–Kier alpha value is -4.94. The lowest BCUT2D eigenvalue weighted by Crippen LogP contribution is -2.61. The van der Waals surface area contributed by atoms with Gasteiger partial charge in [0, 0.05) is 6.92 Å². The van der Waals surface area contributed by atoms with E-state index >= 15 is 0 Å². The normalized spacial score (nSPS) is 16.1. The van der Waals surface area contributed by atoms with Gasteiger partial charge in [-0.3, -0.25) is 14.4 Å². The van der Waals surface area contributed by atoms with Crippen molar-refractivity contribution in [1.82, 2.24) is 24.9 Å². The highest BCUT2D eigenvalue weighted by molar-refractivity contribution is 6.30. The van der Waals surface area contributed by atoms with Gasteiger partial charge in [-0.1, -0.05) is 0 Å². The molecule has 19 heteroatoms. The fourth-order valence-electron chi connectivity index (χ4n) is 3.51. The summed E-state index contributed by atoms with van der Waals surface area (Å²) in [5.74, 6) is -1.09. The summed E-state index contributed by atoms with van der Waals surface area (Å²) in [5.41, 5.74) is -2.74. The molecule has 2 aliphatic rings. The van der Waals surface area contributed by atoms with Crippen molar-refractivity contribution in [2.45, 2.75) is 106 Å². The third kappa shape index (κ3) is 12.7. The molecule has 0 saturated heterocycles. The van der Waals surface area contributed by atoms with E-state index in [0.29, 0.717) is 21.3 Å². The molecular formula is C29H45N7O12. The third-order valence-electron chi connectivity index (χ3n) is 5.25. The van der Waals surface area contributed by atoms with Gasteiger partial charge in [0.2, 0.25) is 5.91 Å². The van der Waals surface area contributed by atoms with Crippen molar-refractivity contribution < 1.29 is 57.7 Å². The molecule has 1 N–H and O–H groups in total. The van der Waals surface area contributed by atoms with Crippen molar-refractivity contribution in [3.63, 3.8) is 0 Å². The summed E-state index contributed by atoms with van der Waals surface area (Å²) in [4.78, 5) is 97.0. The number of aldehydes is 1. The van der Waals surface area contributed by atoms with Crippen LogP contribution in [0.3, 0.4) is 0 Å². The zero-order chi connectivity index (χ0) is 37.5. The number of ether oxygens (including phenoxy) is 3. The molecule has 268 valence electrons. The van der Waals surface area contributed by atoms with E-state index in [4.69, 9.17) is 14.2 Å². The Kier molecular flexibility index (Phi) is 13.5. The van der Waals surface area contributed by atoms with Crippen molar-refractivity contribution in [3.05, 3.63) is 0 Å². The number of hydrazine groups is 1. The maximum Gasteiger partial charge on any atom is 0.439 e. The Morgan fingerprint density at radius 3 is 1.65 bits per heavy atom. The molecule has 0 bridgehead atoms. The van der Waals surface area contributed by atoms with Gasteiger partial charge in [0.25, 0.3) is 0 Å². The van der Waals surface area contributed by atoms with Crippen LogP contribution in [0, 0.1) is 0 Å². The van der Waals surface area contributed by atoms with Crippen molar-refractivity contribution in [2.75, 3.05) is 19.6 Å². The number of aliphatic hydroxyl groups is 1. The van der Waals surface area contributed by atoms with Gasteiger partial charge in [0.15, 0.2) is 6.29 Å². The SMILES string of the molecule is CC(=O)CN1CC(C(C)O)=NN(C(=O)OC(C)(C)C)C1=O.CC(=O)N(C(=O)OC(C)(C)C)N1CC(C=O)=NN(C(=O)OC(C)(C)C)C1=O. The van der Waals surface area contributed by atoms with E-state index in [2.05, 4.69) is 10.2 Å². The number of hydrogen-bond donors (Lipinski definition) is 1. The van der Waals surface area contributed by atoms with Crippen LogP contribution < -0.4 is 0 Å². The molecular weight excluding hydrogens is 638 g/mol. The molecule has 2 aliphatic heterocycles. The van der Waals surface area contributed by atoms with E-state index < -0.39 is 65.7 Å². The van der Waals surface area contributed by atoms with Crippen LogP contribution in [-0.2, 0) is 28.6 Å². The molecule has 2 rings (SSSR count). The standard InChI is InChI=1S/C16H24N4O7.C13H21N3O5/c1-10(22)20(14(25)27-16(5,6)7)18-8-11(9-21)17-19(12(18)23)13(24)26-15(2,3)4;1-8(17)6-15-7-10(9(2)18)14-16(11(15)19)12(20)21-13(3,4)5/h9H,8H2,1-7H3;9,18H,6-7H2,1-5H3. The fraction of sp³-hybridized carbons (Fsp3) is 0.655. The van der Waals surface area contributed by atoms with E-state index in [-0.39, 0.29) is 35.3 Å². The number of hydrazone groups is 2. The number of hydrogen-bond acceptors (Lipinski definition) is 14. The zero-order valence-electron chi connectivity index (χ0n) is 29.3. The van der Waals surface area contributed by atoms with Crippen molar-refractivity contribution >= 4 is 59.7 Å². The van der Waals surface area contributed by atoms with Crippen LogP contribution in [0.2, 0.25) is 0 Å². The Morgan fingerprint density at radius 2 is 1.27 bits per heavy atom. The Labute approximate surface area is 278 Å². The first-order valence-electron chi connectivity index (χ1n) is 14.6. The van der Waals surface area contributed by atoms with Crippen LogP contribution in [0.25, 0.3) is 0 Å². The molecule has 1 unspecified atom stereocenters. The van der Waals surface area contributed by atoms with Crippen molar-refractivity contribution in [3.8, 4) is 0 Å². The second-order valence-electron chi connectivity index (χ2n) is 13.6. The summed E-state index contributed by atoms with van der Waals surface area (Å²) in [7, 11) is 0. The predicted octanol–water partition coefficient (Wildman–Crippen LogP) is 2.90. The van der Waals surface area contributed by atoms with Gasteiger partial charge in [-0.2, -0.15) is 10.2 Å². The molecule has 0 aliphatic carbocycles. The van der Waals surface area contributed by atoms with E-state index in [1.807, 2.05) is 0 Å². The molecule has 0 saturated carbocycles. The van der Waals surface area contributed by atoms with E-state index in [1.54, 1.807) is 62.3 Å². The molecule has 0 aromatic carbocycles. The Morgan fingerprint density at radius 1 is 0.812 bits per heavy atom. The number of urea groups is 2.